The van der Waals surface area contributed by atoms with Gasteiger partial charge in [0.2, 0.25) is 5.28 Å². The Bertz CT molecular complexity index is 781. The Balaban J connectivity index is 1.80. The van der Waals surface area contributed by atoms with E-state index < -0.39 is 11.6 Å². The molecule has 25 heavy (non-hydrogen) atoms. The lowest BCUT2D eigenvalue weighted by Gasteiger charge is -2.37. The number of nitrogens with zero attached hydrogens (tertiary/aromatic N) is 2. The number of urea groups is 1. The number of aryl methyl sites for hydroxylation is 1. The number of anilines is 1. The Kier molecular flexibility index (Phi) is 5.15. The summed E-state index contributed by atoms with van der Waals surface area (Å²) in [5.74, 6) is -0.317. The molecule has 2 amide bonds. The molecule has 8 heteroatoms. The van der Waals surface area contributed by atoms with E-state index in [0.29, 0.717) is 43.0 Å². The predicted octanol–water partition coefficient (Wildman–Crippen LogP) is 3.40. The number of amides is 2. The molecule has 1 aliphatic heterocycles. The van der Waals surface area contributed by atoms with Crippen molar-refractivity contribution in [3.8, 4) is 0 Å². The lowest BCUT2D eigenvalue weighted by atomic mass is 9.86. The number of ether oxygens (including phenoxy) is 1. The normalized spacial score (nSPS) is 16.3. The maximum absolute atomic E-state index is 13.4. The molecule has 3 rings (SSSR count). The topological polar surface area (TPSA) is 76.1 Å². The zero-order chi connectivity index (χ0) is 17.9. The molecule has 0 atom stereocenters. The molecule has 2 heterocycles. The molecule has 1 fully saturated rings. The summed E-state index contributed by atoms with van der Waals surface area (Å²) in [6.07, 6.45) is 2.69. The molecule has 0 bridgehead atoms. The van der Waals surface area contributed by atoms with Gasteiger partial charge in [-0.2, -0.15) is 0 Å². The summed E-state index contributed by atoms with van der Waals surface area (Å²) in [6.45, 7) is 2.64. The number of carbonyl (C=O) groups is 1. The van der Waals surface area contributed by atoms with E-state index in [1.807, 2.05) is 0 Å². The van der Waals surface area contributed by atoms with Crippen LogP contribution in [0.5, 0.6) is 0 Å². The standard InChI is InChI=1S/C17H18ClFN4O2/c1-11-10-12(2-3-13(11)19)21-16(24)23-17(5-8-25-9-6-17)14-4-7-20-15(18)22-14/h2-4,7,10H,5-6,8-9H2,1H3,(H2,21,23,24). The van der Waals surface area contributed by atoms with Gasteiger partial charge in [0.25, 0.3) is 0 Å². The van der Waals surface area contributed by atoms with Crippen LogP contribution < -0.4 is 10.6 Å². The lowest BCUT2D eigenvalue weighted by Crippen LogP contribution is -2.51. The molecule has 2 aromatic rings. The molecule has 1 saturated heterocycles. The van der Waals surface area contributed by atoms with Gasteiger partial charge < -0.3 is 15.4 Å². The highest BCUT2D eigenvalue weighted by Crippen LogP contribution is 2.31. The minimum Gasteiger partial charge on any atom is -0.381 e. The Labute approximate surface area is 149 Å². The Morgan fingerprint density at radius 2 is 2.08 bits per heavy atom. The van der Waals surface area contributed by atoms with Crippen LogP contribution in [0.3, 0.4) is 0 Å². The highest BCUT2D eigenvalue weighted by atomic mass is 35.5. The highest BCUT2D eigenvalue weighted by Gasteiger charge is 2.37. The van der Waals surface area contributed by atoms with Gasteiger partial charge in [0, 0.05) is 25.1 Å². The van der Waals surface area contributed by atoms with Crippen LogP contribution in [-0.2, 0) is 10.3 Å². The van der Waals surface area contributed by atoms with Crippen LogP contribution in [0.15, 0.2) is 30.5 Å². The van der Waals surface area contributed by atoms with Crippen molar-refractivity contribution in [3.63, 3.8) is 0 Å². The van der Waals surface area contributed by atoms with Crippen molar-refractivity contribution in [2.75, 3.05) is 18.5 Å². The van der Waals surface area contributed by atoms with Gasteiger partial charge in [-0.3, -0.25) is 0 Å². The van der Waals surface area contributed by atoms with E-state index in [1.54, 1.807) is 25.3 Å². The summed E-state index contributed by atoms with van der Waals surface area (Å²) in [4.78, 5) is 20.7. The number of carbonyl (C=O) groups excluding carboxylic acids is 1. The zero-order valence-electron chi connectivity index (χ0n) is 13.7. The van der Waals surface area contributed by atoms with Crippen molar-refractivity contribution in [1.82, 2.24) is 15.3 Å². The quantitative estimate of drug-likeness (QED) is 0.818. The zero-order valence-corrected chi connectivity index (χ0v) is 14.4. The lowest BCUT2D eigenvalue weighted by molar-refractivity contribution is 0.0401. The number of aromatic nitrogens is 2. The molecule has 6 nitrogen and oxygen atoms in total. The monoisotopic (exact) mass is 364 g/mol. The fourth-order valence-corrected chi connectivity index (χ4v) is 3.02. The van der Waals surface area contributed by atoms with E-state index in [-0.39, 0.29) is 11.1 Å². The van der Waals surface area contributed by atoms with Crippen molar-refractivity contribution < 1.29 is 13.9 Å². The van der Waals surface area contributed by atoms with Gasteiger partial charge in [-0.15, -0.1) is 0 Å². The fraction of sp³-hybridized carbons (Fsp3) is 0.353. The first-order valence-corrected chi connectivity index (χ1v) is 8.28. The van der Waals surface area contributed by atoms with Crippen LogP contribution in [-0.4, -0.2) is 29.2 Å². The van der Waals surface area contributed by atoms with E-state index in [0.717, 1.165) is 0 Å². The SMILES string of the molecule is Cc1cc(NC(=O)NC2(c3ccnc(Cl)n3)CCOCC2)ccc1F. The summed E-state index contributed by atoms with van der Waals surface area (Å²) >= 11 is 5.91. The van der Waals surface area contributed by atoms with E-state index in [4.69, 9.17) is 16.3 Å². The Morgan fingerprint density at radius 3 is 2.76 bits per heavy atom. The number of hydrogen-bond donors (Lipinski definition) is 2. The molecule has 0 radical (unpaired) electrons. The summed E-state index contributed by atoms with van der Waals surface area (Å²) in [6, 6.07) is 5.74. The molecule has 0 spiro atoms. The van der Waals surface area contributed by atoms with Crippen LogP contribution in [0, 0.1) is 12.7 Å². The number of halogens is 2. The molecule has 0 aliphatic carbocycles. The second-order valence-corrected chi connectivity index (χ2v) is 6.29. The van der Waals surface area contributed by atoms with Crippen LogP contribution in [0.25, 0.3) is 0 Å². The third kappa shape index (κ3) is 4.05. The predicted molar refractivity (Wildman–Crippen MR) is 92.1 cm³/mol. The average molecular weight is 365 g/mol. The first-order valence-electron chi connectivity index (χ1n) is 7.91. The maximum Gasteiger partial charge on any atom is 0.319 e. The number of rotatable bonds is 3. The average Bonchev–Trinajstić information content (AvgIpc) is 2.59. The minimum atomic E-state index is -0.690. The van der Waals surface area contributed by atoms with Crippen LogP contribution in [0.1, 0.15) is 24.1 Å². The molecular weight excluding hydrogens is 347 g/mol. The van der Waals surface area contributed by atoms with Gasteiger partial charge in [-0.05, 0) is 61.2 Å². The minimum absolute atomic E-state index is 0.125. The third-order valence-electron chi connectivity index (χ3n) is 4.23. The van der Waals surface area contributed by atoms with Crippen molar-refractivity contribution in [3.05, 3.63) is 52.8 Å². The number of nitrogens with one attached hydrogen (secondary N) is 2. The van der Waals surface area contributed by atoms with Gasteiger partial charge in [-0.1, -0.05) is 0 Å². The van der Waals surface area contributed by atoms with E-state index in [2.05, 4.69) is 20.6 Å². The summed E-state index contributed by atoms with van der Waals surface area (Å²) in [5.41, 5.74) is 0.922. The van der Waals surface area contributed by atoms with Crippen molar-refractivity contribution in [1.29, 1.82) is 0 Å². The first kappa shape index (κ1) is 17.6. The number of benzene rings is 1. The molecule has 2 N–H and O–H groups in total. The molecule has 1 aliphatic rings. The largest absolute Gasteiger partial charge is 0.381 e. The van der Waals surface area contributed by atoms with Gasteiger partial charge in [0.05, 0.1) is 11.2 Å². The second-order valence-electron chi connectivity index (χ2n) is 5.95. The van der Waals surface area contributed by atoms with Crippen molar-refractivity contribution in [2.45, 2.75) is 25.3 Å². The van der Waals surface area contributed by atoms with Crippen molar-refractivity contribution >= 4 is 23.3 Å². The van der Waals surface area contributed by atoms with E-state index in [9.17, 15) is 9.18 Å². The Hall–Kier alpha value is -2.25. The molecule has 0 unspecified atom stereocenters. The fourth-order valence-electron chi connectivity index (χ4n) is 2.87. The second kappa shape index (κ2) is 7.33. The first-order chi connectivity index (χ1) is 12.0. The van der Waals surface area contributed by atoms with Crippen LogP contribution in [0.4, 0.5) is 14.9 Å². The molecule has 132 valence electrons. The smallest absolute Gasteiger partial charge is 0.319 e. The molecule has 0 saturated carbocycles. The van der Waals surface area contributed by atoms with Gasteiger partial charge >= 0.3 is 6.03 Å². The Morgan fingerprint density at radius 1 is 1.32 bits per heavy atom. The van der Waals surface area contributed by atoms with Gasteiger partial charge in [-0.25, -0.2) is 19.2 Å². The highest BCUT2D eigenvalue weighted by molar-refractivity contribution is 6.28. The van der Waals surface area contributed by atoms with E-state index in [1.165, 1.54) is 12.1 Å². The maximum atomic E-state index is 13.4. The summed E-state index contributed by atoms with van der Waals surface area (Å²) in [5, 5.41) is 5.84. The summed E-state index contributed by atoms with van der Waals surface area (Å²) in [7, 11) is 0. The molecule has 1 aromatic carbocycles. The summed E-state index contributed by atoms with van der Waals surface area (Å²) < 4.78 is 18.8. The van der Waals surface area contributed by atoms with Gasteiger partial charge in [0.15, 0.2) is 0 Å². The van der Waals surface area contributed by atoms with Gasteiger partial charge in [0.1, 0.15) is 5.82 Å². The molecular formula is C17H18ClFN4O2. The third-order valence-corrected chi connectivity index (χ3v) is 4.41. The van der Waals surface area contributed by atoms with Crippen LogP contribution >= 0.6 is 11.6 Å². The van der Waals surface area contributed by atoms with E-state index >= 15 is 0 Å². The molecule has 1 aromatic heterocycles. The number of hydrogen-bond acceptors (Lipinski definition) is 4. The van der Waals surface area contributed by atoms with Crippen LogP contribution in [0.2, 0.25) is 5.28 Å². The van der Waals surface area contributed by atoms with Crippen molar-refractivity contribution in [2.24, 2.45) is 0 Å².